The summed E-state index contributed by atoms with van der Waals surface area (Å²) in [4.78, 5) is 3.86. The second kappa shape index (κ2) is 2.83. The van der Waals surface area contributed by atoms with Crippen LogP contribution in [-0.2, 0) is 0 Å². The lowest BCUT2D eigenvalue weighted by Crippen LogP contribution is -1.86. The lowest BCUT2D eigenvalue weighted by atomic mass is 10.1. The molecule has 2 nitrogen and oxygen atoms in total. The van der Waals surface area contributed by atoms with E-state index >= 15 is 0 Å². The van der Waals surface area contributed by atoms with Crippen LogP contribution >= 0.6 is 0 Å². The van der Waals surface area contributed by atoms with Gasteiger partial charge in [-0.2, -0.15) is 5.26 Å². The van der Waals surface area contributed by atoms with Crippen molar-refractivity contribution >= 4 is 10.9 Å². The Morgan fingerprint density at radius 1 is 1.31 bits per heavy atom. The van der Waals surface area contributed by atoms with Crippen LogP contribution in [0.3, 0.4) is 0 Å². The van der Waals surface area contributed by atoms with E-state index in [-0.39, 0.29) is 5.52 Å². The van der Waals surface area contributed by atoms with Crippen molar-refractivity contribution in [1.82, 2.24) is 4.98 Å². The molecule has 0 bridgehead atoms. The SMILES string of the molecule is N#Cc1ccnc2c(F)cccc12. The largest absolute Gasteiger partial charge is 0.253 e. The molecule has 13 heavy (non-hydrogen) atoms. The molecule has 3 heteroatoms. The number of hydrogen-bond donors (Lipinski definition) is 0. The van der Waals surface area contributed by atoms with E-state index in [0.717, 1.165) is 0 Å². The molecule has 0 radical (unpaired) electrons. The van der Waals surface area contributed by atoms with Gasteiger partial charge in [-0.05, 0) is 12.1 Å². The minimum atomic E-state index is -0.394. The van der Waals surface area contributed by atoms with Crippen LogP contribution in [0.1, 0.15) is 5.56 Å². The second-order valence-corrected chi connectivity index (χ2v) is 2.61. The molecule has 0 atom stereocenters. The van der Waals surface area contributed by atoms with Gasteiger partial charge in [0, 0.05) is 11.6 Å². The zero-order chi connectivity index (χ0) is 9.26. The molecule has 0 aliphatic rings. The van der Waals surface area contributed by atoms with Crippen LogP contribution in [0.2, 0.25) is 0 Å². The van der Waals surface area contributed by atoms with Gasteiger partial charge in [-0.25, -0.2) is 4.39 Å². The molecule has 0 N–H and O–H groups in total. The Kier molecular flexibility index (Phi) is 1.67. The summed E-state index contributed by atoms with van der Waals surface area (Å²) >= 11 is 0. The summed E-state index contributed by atoms with van der Waals surface area (Å²) in [6.07, 6.45) is 1.43. The van der Waals surface area contributed by atoms with Gasteiger partial charge < -0.3 is 0 Å². The molecule has 0 saturated carbocycles. The Labute approximate surface area is 74.3 Å². The molecule has 0 saturated heterocycles. The van der Waals surface area contributed by atoms with Crippen molar-refractivity contribution in [1.29, 1.82) is 5.26 Å². The average Bonchev–Trinajstić information content (AvgIpc) is 2.18. The third-order valence-electron chi connectivity index (χ3n) is 1.84. The lowest BCUT2D eigenvalue weighted by molar-refractivity contribution is 0.637. The molecule has 0 amide bonds. The highest BCUT2D eigenvalue weighted by Crippen LogP contribution is 2.17. The standard InChI is InChI=1S/C10H5FN2/c11-9-3-1-2-8-7(6-12)4-5-13-10(8)9/h1-5H. The first-order chi connectivity index (χ1) is 6.33. The third kappa shape index (κ3) is 1.13. The Hall–Kier alpha value is -1.95. The van der Waals surface area contributed by atoms with Gasteiger partial charge in [0.15, 0.2) is 0 Å². The van der Waals surface area contributed by atoms with Crippen molar-refractivity contribution in [3.63, 3.8) is 0 Å². The molecule has 2 rings (SSSR count). The van der Waals surface area contributed by atoms with E-state index < -0.39 is 5.82 Å². The van der Waals surface area contributed by atoms with Gasteiger partial charge in [0.25, 0.3) is 0 Å². The van der Waals surface area contributed by atoms with Crippen LogP contribution in [0.4, 0.5) is 4.39 Å². The molecule has 0 aliphatic heterocycles. The molecule has 0 unspecified atom stereocenters. The van der Waals surface area contributed by atoms with Crippen LogP contribution in [0, 0.1) is 17.1 Å². The summed E-state index contributed by atoms with van der Waals surface area (Å²) in [5, 5.41) is 9.29. The van der Waals surface area contributed by atoms with E-state index in [1.165, 1.54) is 12.3 Å². The summed E-state index contributed by atoms with van der Waals surface area (Å²) in [6.45, 7) is 0. The Balaban J connectivity index is 2.94. The van der Waals surface area contributed by atoms with Gasteiger partial charge in [-0.1, -0.05) is 12.1 Å². The maximum absolute atomic E-state index is 13.1. The fraction of sp³-hybridized carbons (Fsp3) is 0. The molecule has 1 heterocycles. The van der Waals surface area contributed by atoms with E-state index in [2.05, 4.69) is 4.98 Å². The number of para-hydroxylation sites is 1. The van der Waals surface area contributed by atoms with Crippen molar-refractivity contribution in [2.45, 2.75) is 0 Å². The first kappa shape index (κ1) is 7.69. The summed E-state index contributed by atoms with van der Waals surface area (Å²) in [5.41, 5.74) is 0.700. The number of hydrogen-bond acceptors (Lipinski definition) is 2. The second-order valence-electron chi connectivity index (χ2n) is 2.61. The Bertz CT molecular complexity index is 500. The summed E-state index contributed by atoms with van der Waals surface area (Å²) in [6, 6.07) is 8.15. The van der Waals surface area contributed by atoms with Crippen LogP contribution in [-0.4, -0.2) is 4.98 Å². The highest BCUT2D eigenvalue weighted by molar-refractivity contribution is 5.84. The van der Waals surface area contributed by atoms with E-state index in [4.69, 9.17) is 5.26 Å². The number of nitriles is 1. The van der Waals surface area contributed by atoms with Gasteiger partial charge in [0.1, 0.15) is 11.3 Å². The maximum atomic E-state index is 13.1. The number of pyridine rings is 1. The van der Waals surface area contributed by atoms with E-state index in [1.54, 1.807) is 18.2 Å². The fourth-order valence-electron chi connectivity index (χ4n) is 1.24. The molecule has 0 fully saturated rings. The lowest BCUT2D eigenvalue weighted by Gasteiger charge is -1.98. The number of halogens is 1. The quantitative estimate of drug-likeness (QED) is 0.611. The smallest absolute Gasteiger partial charge is 0.149 e. The summed E-state index contributed by atoms with van der Waals surface area (Å²) < 4.78 is 13.1. The monoisotopic (exact) mass is 172 g/mol. The van der Waals surface area contributed by atoms with Crippen LogP contribution in [0.15, 0.2) is 30.5 Å². The van der Waals surface area contributed by atoms with Crippen molar-refractivity contribution in [3.8, 4) is 6.07 Å². The van der Waals surface area contributed by atoms with Gasteiger partial charge in [0.05, 0.1) is 11.6 Å². The molecule has 1 aromatic heterocycles. The normalized spacial score (nSPS) is 9.85. The predicted octanol–water partition coefficient (Wildman–Crippen LogP) is 2.25. The summed E-state index contributed by atoms with van der Waals surface area (Å²) in [5.74, 6) is -0.394. The van der Waals surface area contributed by atoms with Crippen molar-refractivity contribution < 1.29 is 4.39 Å². The van der Waals surface area contributed by atoms with Crippen molar-refractivity contribution in [2.75, 3.05) is 0 Å². The molecular weight excluding hydrogens is 167 g/mol. The van der Waals surface area contributed by atoms with Gasteiger partial charge >= 0.3 is 0 Å². The number of fused-ring (bicyclic) bond motifs is 1. The van der Waals surface area contributed by atoms with Gasteiger partial charge in [-0.15, -0.1) is 0 Å². The minimum Gasteiger partial charge on any atom is -0.253 e. The molecule has 0 aliphatic carbocycles. The first-order valence-corrected chi connectivity index (χ1v) is 3.76. The summed E-state index contributed by atoms with van der Waals surface area (Å²) in [7, 11) is 0. The number of rotatable bonds is 0. The average molecular weight is 172 g/mol. The molecule has 62 valence electrons. The minimum absolute atomic E-state index is 0.251. The molecular formula is C10H5FN2. The van der Waals surface area contributed by atoms with Crippen LogP contribution < -0.4 is 0 Å². The van der Waals surface area contributed by atoms with Crippen molar-refractivity contribution in [2.24, 2.45) is 0 Å². The van der Waals surface area contributed by atoms with Gasteiger partial charge in [-0.3, -0.25) is 4.98 Å². The number of nitrogens with zero attached hydrogens (tertiary/aromatic N) is 2. The number of benzene rings is 1. The van der Waals surface area contributed by atoms with E-state index in [9.17, 15) is 4.39 Å². The Morgan fingerprint density at radius 3 is 2.92 bits per heavy atom. The maximum Gasteiger partial charge on any atom is 0.149 e. The van der Waals surface area contributed by atoms with Crippen LogP contribution in [0.25, 0.3) is 10.9 Å². The highest BCUT2D eigenvalue weighted by atomic mass is 19.1. The molecule has 2 aromatic rings. The Morgan fingerprint density at radius 2 is 2.15 bits per heavy atom. The predicted molar refractivity (Wildman–Crippen MR) is 46.4 cm³/mol. The third-order valence-corrected chi connectivity index (χ3v) is 1.84. The number of aromatic nitrogens is 1. The topological polar surface area (TPSA) is 36.7 Å². The van der Waals surface area contributed by atoms with E-state index in [0.29, 0.717) is 10.9 Å². The van der Waals surface area contributed by atoms with Crippen molar-refractivity contribution in [3.05, 3.63) is 41.8 Å². The zero-order valence-corrected chi connectivity index (χ0v) is 6.66. The fourth-order valence-corrected chi connectivity index (χ4v) is 1.24. The van der Waals surface area contributed by atoms with Crippen LogP contribution in [0.5, 0.6) is 0 Å². The van der Waals surface area contributed by atoms with Gasteiger partial charge in [0.2, 0.25) is 0 Å². The molecule has 0 spiro atoms. The zero-order valence-electron chi connectivity index (χ0n) is 6.66. The van der Waals surface area contributed by atoms with E-state index in [1.807, 2.05) is 6.07 Å². The first-order valence-electron chi connectivity index (χ1n) is 3.76. The highest BCUT2D eigenvalue weighted by Gasteiger charge is 2.04. The molecule has 1 aromatic carbocycles.